The van der Waals surface area contributed by atoms with E-state index in [1.54, 1.807) is 0 Å². The maximum atomic E-state index is 10.2. The van der Waals surface area contributed by atoms with Crippen molar-refractivity contribution in [1.82, 2.24) is 10.2 Å². The molecule has 0 aliphatic carbocycles. The van der Waals surface area contributed by atoms with Crippen LogP contribution >= 0.6 is 11.6 Å². The highest BCUT2D eigenvalue weighted by atomic mass is 35.5. The second kappa shape index (κ2) is 4.98. The van der Waals surface area contributed by atoms with Gasteiger partial charge in [-0.1, -0.05) is 11.6 Å². The number of anilines is 1. The van der Waals surface area contributed by atoms with Crippen molar-refractivity contribution in [3.8, 4) is 0 Å². The van der Waals surface area contributed by atoms with Crippen LogP contribution in [0.2, 0.25) is 5.15 Å². The van der Waals surface area contributed by atoms with E-state index in [2.05, 4.69) is 19.9 Å². The second-order valence-electron chi connectivity index (χ2n) is 2.19. The molecule has 1 rings (SSSR count). The first kappa shape index (κ1) is 11.8. The smallest absolute Gasteiger partial charge is 0.448 e. The van der Waals surface area contributed by atoms with Crippen LogP contribution in [0.3, 0.4) is 0 Å². The zero-order valence-electron chi connectivity index (χ0n) is 7.40. The van der Waals surface area contributed by atoms with Crippen molar-refractivity contribution in [3.05, 3.63) is 17.3 Å². The standard InChI is InChI=1S/C6H4ClN3O6/c7-3-1-2-4(9-8-3)10(15-5(11)12)16-6(13)14/h1-2H,(H,11,12)(H,13,14). The fourth-order valence-electron chi connectivity index (χ4n) is 0.660. The minimum absolute atomic E-state index is 0.0364. The molecule has 0 spiro atoms. The lowest BCUT2D eigenvalue weighted by atomic mass is 10.5. The fourth-order valence-corrected chi connectivity index (χ4v) is 0.761. The molecule has 0 aliphatic heterocycles. The number of nitrogens with zero attached hydrogens (tertiary/aromatic N) is 3. The predicted molar refractivity (Wildman–Crippen MR) is 47.7 cm³/mol. The average Bonchev–Trinajstić information content (AvgIpc) is 2.16. The van der Waals surface area contributed by atoms with Gasteiger partial charge in [-0.3, -0.25) is 9.68 Å². The molecule has 0 fully saturated rings. The Hall–Kier alpha value is -2.29. The third-order valence-corrected chi connectivity index (χ3v) is 1.33. The third kappa shape index (κ3) is 3.46. The molecule has 0 atom stereocenters. The molecule has 9 nitrogen and oxygen atoms in total. The number of halogens is 1. The summed E-state index contributed by atoms with van der Waals surface area (Å²) in [6.07, 6.45) is -3.56. The maximum Gasteiger partial charge on any atom is 0.533 e. The van der Waals surface area contributed by atoms with E-state index in [9.17, 15) is 9.59 Å². The Morgan fingerprint density at radius 3 is 2.12 bits per heavy atom. The summed E-state index contributed by atoms with van der Waals surface area (Å²) in [4.78, 5) is 28.4. The van der Waals surface area contributed by atoms with E-state index in [4.69, 9.17) is 21.8 Å². The molecule has 16 heavy (non-hydrogen) atoms. The van der Waals surface area contributed by atoms with Crippen molar-refractivity contribution < 1.29 is 29.5 Å². The fraction of sp³-hybridized carbons (Fsp3) is 0. The van der Waals surface area contributed by atoms with Crippen molar-refractivity contribution in [2.75, 3.05) is 5.23 Å². The van der Waals surface area contributed by atoms with Crippen LogP contribution in [0.5, 0.6) is 0 Å². The molecule has 0 saturated carbocycles. The number of carboxylic acid groups (broad SMARTS) is 2. The molecule has 0 bridgehead atoms. The Balaban J connectivity index is 2.86. The normalized spacial score (nSPS) is 9.31. The number of carbonyl (C=O) groups is 2. The molecule has 0 radical (unpaired) electrons. The molecule has 86 valence electrons. The van der Waals surface area contributed by atoms with Gasteiger partial charge in [-0.15, -0.1) is 10.2 Å². The lowest BCUT2D eigenvalue weighted by Crippen LogP contribution is -2.30. The van der Waals surface area contributed by atoms with Crippen LogP contribution in [-0.4, -0.2) is 32.7 Å². The first-order valence-corrected chi connectivity index (χ1v) is 3.98. The van der Waals surface area contributed by atoms with Crippen molar-refractivity contribution in [2.45, 2.75) is 0 Å². The summed E-state index contributed by atoms with van der Waals surface area (Å²) in [6.45, 7) is 0. The van der Waals surface area contributed by atoms with Crippen molar-refractivity contribution >= 4 is 29.7 Å². The van der Waals surface area contributed by atoms with Gasteiger partial charge in [0, 0.05) is 5.23 Å². The Bertz CT molecular complexity index is 380. The van der Waals surface area contributed by atoms with Crippen LogP contribution in [0, 0.1) is 0 Å². The summed E-state index contributed by atoms with van der Waals surface area (Å²) in [6, 6.07) is 2.40. The summed E-state index contributed by atoms with van der Waals surface area (Å²) < 4.78 is 0. The van der Waals surface area contributed by atoms with Crippen LogP contribution in [0.25, 0.3) is 0 Å². The van der Waals surface area contributed by atoms with Crippen LogP contribution in [0.15, 0.2) is 12.1 Å². The molecular weight excluding hydrogens is 246 g/mol. The summed E-state index contributed by atoms with van der Waals surface area (Å²) in [5.74, 6) is -0.297. The number of hydrogen-bond acceptors (Lipinski definition) is 7. The summed E-state index contributed by atoms with van der Waals surface area (Å²) in [7, 11) is 0. The van der Waals surface area contributed by atoms with Gasteiger partial charge in [0.1, 0.15) is 0 Å². The van der Waals surface area contributed by atoms with Gasteiger partial charge in [-0.25, -0.2) is 9.59 Å². The topological polar surface area (TPSA) is 122 Å². The molecule has 0 unspecified atom stereocenters. The van der Waals surface area contributed by atoms with E-state index in [0.29, 0.717) is 0 Å². The molecule has 0 amide bonds. The molecular formula is C6H4ClN3O6. The van der Waals surface area contributed by atoms with E-state index in [0.717, 1.165) is 6.07 Å². The highest BCUT2D eigenvalue weighted by Gasteiger charge is 2.19. The lowest BCUT2D eigenvalue weighted by Gasteiger charge is -2.15. The van der Waals surface area contributed by atoms with Crippen LogP contribution < -0.4 is 5.23 Å². The van der Waals surface area contributed by atoms with Crippen molar-refractivity contribution in [3.63, 3.8) is 0 Å². The average molecular weight is 250 g/mol. The molecule has 0 aliphatic rings. The van der Waals surface area contributed by atoms with Gasteiger partial charge in [-0.2, -0.15) is 0 Å². The van der Waals surface area contributed by atoms with Gasteiger partial charge in [0.05, 0.1) is 0 Å². The summed E-state index contributed by atoms with van der Waals surface area (Å²) in [5.41, 5.74) is 0. The minimum Gasteiger partial charge on any atom is -0.448 e. The zero-order valence-corrected chi connectivity index (χ0v) is 8.16. The van der Waals surface area contributed by atoms with Crippen LogP contribution in [-0.2, 0) is 9.68 Å². The number of aromatic nitrogens is 2. The van der Waals surface area contributed by atoms with Gasteiger partial charge in [0.15, 0.2) is 5.15 Å². The second-order valence-corrected chi connectivity index (χ2v) is 2.57. The van der Waals surface area contributed by atoms with Gasteiger partial charge in [0.2, 0.25) is 5.82 Å². The minimum atomic E-state index is -1.78. The summed E-state index contributed by atoms with van der Waals surface area (Å²) in [5, 5.41) is 23.4. The number of rotatable bonds is 3. The van der Waals surface area contributed by atoms with E-state index < -0.39 is 12.3 Å². The van der Waals surface area contributed by atoms with Crippen molar-refractivity contribution in [1.29, 1.82) is 0 Å². The van der Waals surface area contributed by atoms with E-state index in [1.807, 2.05) is 0 Å². The largest absolute Gasteiger partial charge is 0.533 e. The monoisotopic (exact) mass is 249 g/mol. The first-order chi connectivity index (χ1) is 7.49. The van der Waals surface area contributed by atoms with E-state index in [1.165, 1.54) is 6.07 Å². The Morgan fingerprint density at radius 2 is 1.75 bits per heavy atom. The molecule has 1 aromatic heterocycles. The van der Waals surface area contributed by atoms with E-state index in [-0.39, 0.29) is 16.2 Å². The first-order valence-electron chi connectivity index (χ1n) is 3.60. The summed E-state index contributed by atoms with van der Waals surface area (Å²) >= 11 is 5.42. The molecule has 1 heterocycles. The predicted octanol–water partition coefficient (Wildman–Crippen LogP) is 1.16. The SMILES string of the molecule is O=C(O)ON(OC(=O)O)c1ccc(Cl)nn1. The van der Waals surface area contributed by atoms with Gasteiger partial charge in [-0.05, 0) is 12.1 Å². The van der Waals surface area contributed by atoms with Crippen LogP contribution in [0.1, 0.15) is 0 Å². The highest BCUT2D eigenvalue weighted by Crippen LogP contribution is 2.13. The maximum absolute atomic E-state index is 10.2. The van der Waals surface area contributed by atoms with Gasteiger partial charge in [0.25, 0.3) is 0 Å². The van der Waals surface area contributed by atoms with E-state index >= 15 is 0 Å². The Labute approximate surface area is 92.7 Å². The molecule has 2 N–H and O–H groups in total. The Kier molecular flexibility index (Phi) is 3.67. The number of hydrogen-bond donors (Lipinski definition) is 2. The van der Waals surface area contributed by atoms with Gasteiger partial charge < -0.3 is 10.2 Å². The van der Waals surface area contributed by atoms with Gasteiger partial charge >= 0.3 is 12.3 Å². The Morgan fingerprint density at radius 1 is 1.19 bits per heavy atom. The third-order valence-electron chi connectivity index (χ3n) is 1.13. The molecule has 10 heteroatoms. The van der Waals surface area contributed by atoms with Crippen LogP contribution in [0.4, 0.5) is 15.4 Å². The zero-order chi connectivity index (χ0) is 12.1. The lowest BCUT2D eigenvalue weighted by molar-refractivity contribution is -0.0468. The van der Waals surface area contributed by atoms with Crippen molar-refractivity contribution in [2.24, 2.45) is 0 Å². The highest BCUT2D eigenvalue weighted by molar-refractivity contribution is 6.29. The quantitative estimate of drug-likeness (QED) is 0.759. The molecule has 0 aromatic carbocycles. The molecule has 1 aromatic rings. The molecule has 0 saturated heterocycles.